The molecular formula is C21H22FN3O6S. The van der Waals surface area contributed by atoms with Crippen LogP contribution in [0, 0.1) is 5.82 Å². The molecule has 1 atom stereocenters. The first-order chi connectivity index (χ1) is 15.0. The van der Waals surface area contributed by atoms with Crippen molar-refractivity contribution in [3.8, 4) is 17.1 Å². The van der Waals surface area contributed by atoms with Gasteiger partial charge < -0.3 is 19.6 Å². The normalized spacial score (nSPS) is 18.8. The van der Waals surface area contributed by atoms with Crippen molar-refractivity contribution in [2.75, 3.05) is 24.2 Å². The van der Waals surface area contributed by atoms with Crippen LogP contribution >= 0.6 is 0 Å². The molecule has 170 valence electrons. The minimum atomic E-state index is -3.68. The SMILES string of the molecule is CNC(=O)Oc1c(-c2ccc(F)cc2)oc2nc3c(cc12)C(C)(O)CCCN3S(C)(=O)=O. The number of rotatable bonds is 3. The van der Waals surface area contributed by atoms with E-state index in [0.717, 1.165) is 10.6 Å². The van der Waals surface area contributed by atoms with Crippen molar-refractivity contribution in [3.63, 3.8) is 0 Å². The maximum absolute atomic E-state index is 13.4. The van der Waals surface area contributed by atoms with E-state index >= 15 is 0 Å². The predicted octanol–water partition coefficient (Wildman–Crippen LogP) is 3.12. The Morgan fingerprint density at radius 1 is 1.34 bits per heavy atom. The third kappa shape index (κ3) is 3.89. The lowest BCUT2D eigenvalue weighted by Gasteiger charge is -2.25. The van der Waals surface area contributed by atoms with Crippen LogP contribution in [0.2, 0.25) is 0 Å². The molecule has 3 heterocycles. The zero-order valence-corrected chi connectivity index (χ0v) is 18.5. The van der Waals surface area contributed by atoms with Crippen LogP contribution in [-0.2, 0) is 15.6 Å². The Labute approximate surface area is 183 Å². The van der Waals surface area contributed by atoms with Crippen LogP contribution in [0.25, 0.3) is 22.4 Å². The van der Waals surface area contributed by atoms with Gasteiger partial charge in [-0.2, -0.15) is 4.98 Å². The summed E-state index contributed by atoms with van der Waals surface area (Å²) in [6.07, 6.45) is 1.01. The zero-order chi connectivity index (χ0) is 23.3. The summed E-state index contributed by atoms with van der Waals surface area (Å²) in [5.74, 6) is -0.272. The van der Waals surface area contributed by atoms with Crippen molar-refractivity contribution in [3.05, 3.63) is 41.7 Å². The van der Waals surface area contributed by atoms with E-state index in [1.807, 2.05) is 0 Å². The number of carbonyl (C=O) groups is 1. The highest BCUT2D eigenvalue weighted by Crippen LogP contribution is 2.45. The smallest absolute Gasteiger partial charge is 0.412 e. The van der Waals surface area contributed by atoms with E-state index in [-0.39, 0.29) is 40.5 Å². The maximum atomic E-state index is 13.4. The number of nitrogens with zero attached hydrogens (tertiary/aromatic N) is 2. The molecule has 9 nitrogen and oxygen atoms in total. The molecule has 1 aromatic carbocycles. The van der Waals surface area contributed by atoms with Gasteiger partial charge in [0.2, 0.25) is 15.7 Å². The van der Waals surface area contributed by atoms with Crippen LogP contribution in [0.3, 0.4) is 0 Å². The van der Waals surface area contributed by atoms with Crippen LogP contribution in [0.4, 0.5) is 15.0 Å². The van der Waals surface area contributed by atoms with Gasteiger partial charge in [0.05, 0.1) is 17.2 Å². The van der Waals surface area contributed by atoms with Gasteiger partial charge in [-0.1, -0.05) is 0 Å². The molecule has 2 N–H and O–H groups in total. The molecule has 3 aromatic rings. The summed E-state index contributed by atoms with van der Waals surface area (Å²) in [5, 5.41) is 13.7. The van der Waals surface area contributed by atoms with E-state index in [4.69, 9.17) is 9.15 Å². The molecule has 1 amide bonds. The topological polar surface area (TPSA) is 122 Å². The number of anilines is 1. The summed E-state index contributed by atoms with van der Waals surface area (Å²) in [6, 6.07) is 6.88. The van der Waals surface area contributed by atoms with Crippen molar-refractivity contribution < 1.29 is 31.9 Å². The van der Waals surface area contributed by atoms with E-state index in [2.05, 4.69) is 10.3 Å². The Morgan fingerprint density at radius 2 is 2.03 bits per heavy atom. The number of halogens is 1. The predicted molar refractivity (Wildman–Crippen MR) is 115 cm³/mol. The number of pyridine rings is 1. The lowest BCUT2D eigenvalue weighted by molar-refractivity contribution is 0.0489. The van der Waals surface area contributed by atoms with E-state index in [9.17, 15) is 22.7 Å². The first-order valence-corrected chi connectivity index (χ1v) is 11.7. The number of hydrogen-bond acceptors (Lipinski definition) is 7. The third-order valence-corrected chi connectivity index (χ3v) is 6.52. The van der Waals surface area contributed by atoms with E-state index < -0.39 is 27.5 Å². The monoisotopic (exact) mass is 463 g/mol. The van der Waals surface area contributed by atoms with Crippen LogP contribution in [-0.4, -0.2) is 44.4 Å². The Morgan fingerprint density at radius 3 is 2.66 bits per heavy atom. The second-order valence-corrected chi connectivity index (χ2v) is 9.74. The minimum Gasteiger partial charge on any atom is -0.434 e. The van der Waals surface area contributed by atoms with Crippen molar-refractivity contribution in [2.24, 2.45) is 0 Å². The molecule has 1 aliphatic rings. The highest BCUT2D eigenvalue weighted by Gasteiger charge is 2.37. The summed E-state index contributed by atoms with van der Waals surface area (Å²) < 4.78 is 50.7. The van der Waals surface area contributed by atoms with Gasteiger partial charge in [0.1, 0.15) is 5.82 Å². The van der Waals surface area contributed by atoms with Crippen molar-refractivity contribution >= 4 is 33.0 Å². The standard InChI is InChI=1S/C21H22FN3O6S/c1-21(27)9-4-10-25(32(3,28)29)18-15(21)11-14-17(31-20(26)23-2)16(30-19(14)24-18)12-5-7-13(22)8-6-12/h5-8,11,27H,4,9-10H2,1-3H3,(H,23,26). The molecule has 0 bridgehead atoms. The summed E-state index contributed by atoms with van der Waals surface area (Å²) in [4.78, 5) is 16.4. The maximum Gasteiger partial charge on any atom is 0.412 e. The van der Waals surface area contributed by atoms with Gasteiger partial charge in [-0.25, -0.2) is 17.6 Å². The van der Waals surface area contributed by atoms with E-state index in [0.29, 0.717) is 18.4 Å². The molecule has 0 radical (unpaired) electrons. The van der Waals surface area contributed by atoms with E-state index in [1.165, 1.54) is 37.4 Å². The highest BCUT2D eigenvalue weighted by molar-refractivity contribution is 7.92. The lowest BCUT2D eigenvalue weighted by atomic mass is 9.92. The average Bonchev–Trinajstić information content (AvgIpc) is 3.00. The van der Waals surface area contributed by atoms with Crippen LogP contribution in [0.5, 0.6) is 5.75 Å². The molecule has 0 aliphatic carbocycles. The second-order valence-electron chi connectivity index (χ2n) is 7.83. The van der Waals surface area contributed by atoms with Gasteiger partial charge >= 0.3 is 6.09 Å². The van der Waals surface area contributed by atoms with Crippen LogP contribution < -0.4 is 14.4 Å². The number of benzene rings is 1. The van der Waals surface area contributed by atoms with E-state index in [1.54, 1.807) is 6.92 Å². The molecule has 32 heavy (non-hydrogen) atoms. The summed E-state index contributed by atoms with van der Waals surface area (Å²) in [6.45, 7) is 1.72. The molecule has 0 fully saturated rings. The minimum absolute atomic E-state index is 0.00771. The fourth-order valence-electron chi connectivity index (χ4n) is 3.75. The third-order valence-electron chi connectivity index (χ3n) is 5.36. The number of ether oxygens (including phenoxy) is 1. The first kappa shape index (κ1) is 22.0. The van der Waals surface area contributed by atoms with Crippen molar-refractivity contribution in [1.82, 2.24) is 10.3 Å². The number of fused-ring (bicyclic) bond motifs is 2. The molecule has 1 unspecified atom stereocenters. The number of nitrogens with one attached hydrogen (secondary N) is 1. The Hall–Kier alpha value is -3.18. The average molecular weight is 463 g/mol. The summed E-state index contributed by atoms with van der Waals surface area (Å²) in [5.41, 5.74) is -0.687. The van der Waals surface area contributed by atoms with Gasteiger partial charge in [-0.05, 0) is 50.1 Å². The largest absolute Gasteiger partial charge is 0.434 e. The van der Waals surface area contributed by atoms with Gasteiger partial charge in [-0.3, -0.25) is 4.31 Å². The zero-order valence-electron chi connectivity index (χ0n) is 17.7. The quantitative estimate of drug-likeness (QED) is 0.612. The molecular weight excluding hydrogens is 441 g/mol. The van der Waals surface area contributed by atoms with Gasteiger partial charge in [0.15, 0.2) is 17.3 Å². The summed E-state index contributed by atoms with van der Waals surface area (Å²) in [7, 11) is -2.29. The number of aromatic nitrogens is 1. The lowest BCUT2D eigenvalue weighted by Crippen LogP contribution is -2.31. The molecule has 4 rings (SSSR count). The Balaban J connectivity index is 2.02. The highest BCUT2D eigenvalue weighted by atomic mass is 32.2. The van der Waals surface area contributed by atoms with Gasteiger partial charge in [0, 0.05) is 24.7 Å². The van der Waals surface area contributed by atoms with Gasteiger partial charge in [0.25, 0.3) is 0 Å². The number of sulfonamides is 1. The summed E-state index contributed by atoms with van der Waals surface area (Å²) >= 11 is 0. The molecule has 0 saturated heterocycles. The molecule has 1 aliphatic heterocycles. The number of hydrogen-bond donors (Lipinski definition) is 2. The Kier molecular flexibility index (Phi) is 5.33. The molecule has 11 heteroatoms. The molecule has 0 spiro atoms. The fourth-order valence-corrected chi connectivity index (χ4v) is 4.66. The van der Waals surface area contributed by atoms with Crippen molar-refractivity contribution in [1.29, 1.82) is 0 Å². The van der Waals surface area contributed by atoms with Gasteiger partial charge in [-0.15, -0.1) is 0 Å². The number of furan rings is 1. The first-order valence-electron chi connectivity index (χ1n) is 9.85. The number of carbonyl (C=O) groups excluding carboxylic acids is 1. The second kappa shape index (κ2) is 7.75. The molecule has 2 aromatic heterocycles. The molecule has 0 saturated carbocycles. The number of aliphatic hydroxyl groups is 1. The fraction of sp³-hybridized carbons (Fsp3) is 0.333. The van der Waals surface area contributed by atoms with Crippen molar-refractivity contribution in [2.45, 2.75) is 25.4 Å². The number of amides is 1. The Bertz CT molecular complexity index is 1300. The van der Waals surface area contributed by atoms with Crippen LogP contribution in [0.15, 0.2) is 34.7 Å². The van der Waals surface area contributed by atoms with Crippen LogP contribution in [0.1, 0.15) is 25.3 Å².